The van der Waals surface area contributed by atoms with Gasteiger partial charge in [0.05, 0.1) is 19.8 Å². The van der Waals surface area contributed by atoms with Gasteiger partial charge in [-0.2, -0.15) is 0 Å². The Morgan fingerprint density at radius 1 is 1.35 bits per heavy atom. The second-order valence-electron chi connectivity index (χ2n) is 5.85. The fourth-order valence-corrected chi connectivity index (χ4v) is 3.40. The molecule has 1 aliphatic heterocycles. The molecule has 0 aromatic heterocycles. The van der Waals surface area contributed by atoms with Crippen LogP contribution in [-0.4, -0.2) is 51.7 Å². The van der Waals surface area contributed by atoms with Crippen molar-refractivity contribution in [3.63, 3.8) is 0 Å². The SMILES string of the molecule is COc1ccccc1CC(=O)N1CCCCC1CNS(C)(=O)=O. The maximum Gasteiger partial charge on any atom is 0.227 e. The van der Waals surface area contributed by atoms with E-state index < -0.39 is 10.0 Å². The van der Waals surface area contributed by atoms with E-state index in [1.165, 1.54) is 0 Å². The quantitative estimate of drug-likeness (QED) is 0.843. The fourth-order valence-electron chi connectivity index (χ4n) is 2.90. The topological polar surface area (TPSA) is 75.7 Å². The van der Waals surface area contributed by atoms with E-state index in [2.05, 4.69) is 4.72 Å². The molecule has 6 nitrogen and oxygen atoms in total. The molecule has 1 unspecified atom stereocenters. The number of hydrogen-bond acceptors (Lipinski definition) is 4. The molecule has 128 valence electrons. The first-order chi connectivity index (χ1) is 10.9. The number of amides is 1. The molecule has 1 heterocycles. The zero-order valence-electron chi connectivity index (χ0n) is 13.6. The first kappa shape index (κ1) is 17.7. The van der Waals surface area contributed by atoms with Crippen molar-refractivity contribution in [3.05, 3.63) is 29.8 Å². The standard InChI is InChI=1S/C16H24N2O4S/c1-22-15-9-4-3-7-13(15)11-16(19)18-10-6-5-8-14(18)12-17-23(2,20)21/h3-4,7,9,14,17H,5-6,8,10-12H2,1-2H3. The average molecular weight is 340 g/mol. The third-order valence-corrected chi connectivity index (χ3v) is 4.75. The molecule has 1 N–H and O–H groups in total. The molecule has 1 fully saturated rings. The first-order valence-corrected chi connectivity index (χ1v) is 9.66. The normalized spacial score (nSPS) is 18.7. The molecule has 0 bridgehead atoms. The highest BCUT2D eigenvalue weighted by molar-refractivity contribution is 7.88. The molecule has 2 rings (SSSR count). The number of methoxy groups -OCH3 is 1. The summed E-state index contributed by atoms with van der Waals surface area (Å²) in [4.78, 5) is 14.5. The maximum atomic E-state index is 12.7. The summed E-state index contributed by atoms with van der Waals surface area (Å²) in [6.45, 7) is 0.945. The number of carbonyl (C=O) groups excluding carboxylic acids is 1. The van der Waals surface area contributed by atoms with Gasteiger partial charge in [-0.1, -0.05) is 18.2 Å². The zero-order valence-corrected chi connectivity index (χ0v) is 14.4. The van der Waals surface area contributed by atoms with Crippen LogP contribution in [0.15, 0.2) is 24.3 Å². The molecular weight excluding hydrogens is 316 g/mol. The highest BCUT2D eigenvalue weighted by atomic mass is 32.2. The summed E-state index contributed by atoms with van der Waals surface area (Å²) in [6, 6.07) is 7.38. The lowest BCUT2D eigenvalue weighted by atomic mass is 10.0. The number of rotatable bonds is 6. The lowest BCUT2D eigenvalue weighted by molar-refractivity contribution is -0.134. The smallest absolute Gasteiger partial charge is 0.227 e. The molecule has 1 aromatic rings. The second kappa shape index (κ2) is 7.79. The highest BCUT2D eigenvalue weighted by Gasteiger charge is 2.27. The zero-order chi connectivity index (χ0) is 16.9. The van der Waals surface area contributed by atoms with Crippen LogP contribution in [0, 0.1) is 0 Å². The van der Waals surface area contributed by atoms with E-state index in [1.54, 1.807) is 12.0 Å². The molecule has 0 radical (unpaired) electrons. The lowest BCUT2D eigenvalue weighted by Crippen LogP contribution is -2.49. The molecule has 7 heteroatoms. The van der Waals surface area contributed by atoms with Crippen LogP contribution in [0.1, 0.15) is 24.8 Å². The number of sulfonamides is 1. The van der Waals surface area contributed by atoms with E-state index in [4.69, 9.17) is 4.74 Å². The van der Waals surface area contributed by atoms with E-state index in [-0.39, 0.29) is 24.9 Å². The highest BCUT2D eigenvalue weighted by Crippen LogP contribution is 2.22. The summed E-state index contributed by atoms with van der Waals surface area (Å²) in [5, 5.41) is 0. The molecule has 1 amide bonds. The number of piperidine rings is 1. The van der Waals surface area contributed by atoms with E-state index in [0.717, 1.165) is 31.1 Å². The van der Waals surface area contributed by atoms with E-state index in [9.17, 15) is 13.2 Å². The van der Waals surface area contributed by atoms with Crippen LogP contribution in [0.25, 0.3) is 0 Å². The number of carbonyl (C=O) groups is 1. The third-order valence-electron chi connectivity index (χ3n) is 4.06. The molecule has 1 atom stereocenters. The lowest BCUT2D eigenvalue weighted by Gasteiger charge is -2.36. The summed E-state index contributed by atoms with van der Waals surface area (Å²) < 4.78 is 30.4. The summed E-state index contributed by atoms with van der Waals surface area (Å²) in [5.74, 6) is 0.707. The Labute approximate surface area is 137 Å². The molecule has 0 spiro atoms. The largest absolute Gasteiger partial charge is 0.496 e. The molecular formula is C16H24N2O4S. The van der Waals surface area contributed by atoms with Gasteiger partial charge in [0.15, 0.2) is 0 Å². The Bertz CT molecular complexity index is 645. The van der Waals surface area contributed by atoms with Gasteiger partial charge in [0, 0.05) is 24.7 Å². The van der Waals surface area contributed by atoms with Crippen LogP contribution in [0.5, 0.6) is 5.75 Å². The summed E-state index contributed by atoms with van der Waals surface area (Å²) in [5.41, 5.74) is 0.848. The monoisotopic (exact) mass is 340 g/mol. The predicted molar refractivity (Wildman–Crippen MR) is 88.9 cm³/mol. The minimum absolute atomic E-state index is 0.00880. The number of benzene rings is 1. The number of nitrogens with one attached hydrogen (secondary N) is 1. The Morgan fingerprint density at radius 2 is 2.09 bits per heavy atom. The molecule has 1 aromatic carbocycles. The molecule has 23 heavy (non-hydrogen) atoms. The van der Waals surface area contributed by atoms with Crippen LogP contribution < -0.4 is 9.46 Å². The van der Waals surface area contributed by atoms with Gasteiger partial charge in [0.25, 0.3) is 0 Å². The number of nitrogens with zero attached hydrogens (tertiary/aromatic N) is 1. The minimum Gasteiger partial charge on any atom is -0.496 e. The summed E-state index contributed by atoms with van der Waals surface area (Å²) in [7, 11) is -1.66. The Morgan fingerprint density at radius 3 is 2.78 bits per heavy atom. The minimum atomic E-state index is -3.25. The van der Waals surface area contributed by atoms with Crippen molar-refractivity contribution in [1.29, 1.82) is 0 Å². The van der Waals surface area contributed by atoms with Gasteiger partial charge in [-0.15, -0.1) is 0 Å². The van der Waals surface area contributed by atoms with Crippen molar-refractivity contribution in [1.82, 2.24) is 9.62 Å². The van der Waals surface area contributed by atoms with Crippen molar-refractivity contribution >= 4 is 15.9 Å². The summed E-state index contributed by atoms with van der Waals surface area (Å²) >= 11 is 0. The Hall–Kier alpha value is -1.60. The van der Waals surface area contributed by atoms with Gasteiger partial charge >= 0.3 is 0 Å². The van der Waals surface area contributed by atoms with E-state index in [1.807, 2.05) is 24.3 Å². The summed E-state index contributed by atoms with van der Waals surface area (Å²) in [6.07, 6.45) is 4.18. The predicted octanol–water partition coefficient (Wildman–Crippen LogP) is 1.17. The number of ether oxygens (including phenoxy) is 1. The van der Waals surface area contributed by atoms with Gasteiger partial charge in [-0.05, 0) is 25.3 Å². The fraction of sp³-hybridized carbons (Fsp3) is 0.562. The first-order valence-electron chi connectivity index (χ1n) is 7.76. The van der Waals surface area contributed by atoms with Crippen LogP contribution >= 0.6 is 0 Å². The van der Waals surface area contributed by atoms with Crippen LogP contribution in [-0.2, 0) is 21.2 Å². The number of para-hydroxylation sites is 1. The van der Waals surface area contributed by atoms with E-state index >= 15 is 0 Å². The molecule has 1 aliphatic rings. The van der Waals surface area contributed by atoms with Crippen LogP contribution in [0.2, 0.25) is 0 Å². The van der Waals surface area contributed by atoms with Gasteiger partial charge in [0.2, 0.25) is 15.9 Å². The second-order valence-corrected chi connectivity index (χ2v) is 7.68. The maximum absolute atomic E-state index is 12.7. The van der Waals surface area contributed by atoms with Crippen molar-refractivity contribution in [2.75, 3.05) is 26.5 Å². The Balaban J connectivity index is 2.05. The van der Waals surface area contributed by atoms with Gasteiger partial charge in [-0.25, -0.2) is 13.1 Å². The average Bonchev–Trinajstić information content (AvgIpc) is 2.53. The molecule has 1 saturated heterocycles. The van der Waals surface area contributed by atoms with Gasteiger partial charge in [0.1, 0.15) is 5.75 Å². The van der Waals surface area contributed by atoms with Crippen LogP contribution in [0.4, 0.5) is 0 Å². The molecule has 0 saturated carbocycles. The van der Waals surface area contributed by atoms with Crippen molar-refractivity contribution in [2.24, 2.45) is 0 Å². The van der Waals surface area contributed by atoms with Crippen molar-refractivity contribution in [3.8, 4) is 5.75 Å². The number of likely N-dealkylation sites (tertiary alicyclic amines) is 1. The number of hydrogen-bond donors (Lipinski definition) is 1. The van der Waals surface area contributed by atoms with Crippen LogP contribution in [0.3, 0.4) is 0 Å². The van der Waals surface area contributed by atoms with Crippen molar-refractivity contribution in [2.45, 2.75) is 31.7 Å². The van der Waals surface area contributed by atoms with Crippen molar-refractivity contribution < 1.29 is 17.9 Å². The third kappa shape index (κ3) is 5.21. The Kier molecular flexibility index (Phi) is 6.01. The van der Waals surface area contributed by atoms with Gasteiger partial charge < -0.3 is 9.64 Å². The van der Waals surface area contributed by atoms with E-state index in [0.29, 0.717) is 12.3 Å². The molecule has 0 aliphatic carbocycles. The van der Waals surface area contributed by atoms with Gasteiger partial charge in [-0.3, -0.25) is 4.79 Å².